The highest BCUT2D eigenvalue weighted by Crippen LogP contribution is 2.45. The Bertz CT molecular complexity index is 1410. The van der Waals surface area contributed by atoms with Gasteiger partial charge in [0, 0.05) is 16.8 Å². The normalized spacial score (nSPS) is 14.4. The van der Waals surface area contributed by atoms with E-state index in [9.17, 15) is 9.59 Å². The minimum atomic E-state index is -0.442. The predicted octanol–water partition coefficient (Wildman–Crippen LogP) is 5.41. The molecule has 0 aliphatic carbocycles. The van der Waals surface area contributed by atoms with E-state index in [1.54, 1.807) is 43.2 Å². The zero-order valence-corrected chi connectivity index (χ0v) is 20.9. The summed E-state index contributed by atoms with van der Waals surface area (Å²) in [5.41, 5.74) is 4.75. The van der Waals surface area contributed by atoms with Crippen molar-refractivity contribution in [2.75, 3.05) is 25.2 Å². The van der Waals surface area contributed by atoms with Crippen LogP contribution in [0.4, 0.5) is 5.69 Å². The van der Waals surface area contributed by atoms with Crippen LogP contribution in [-0.4, -0.2) is 42.4 Å². The van der Waals surface area contributed by atoms with Crippen LogP contribution >= 0.6 is 0 Å². The summed E-state index contributed by atoms with van der Waals surface area (Å²) in [5.74, 6) is 0.883. The maximum absolute atomic E-state index is 13.7. The molecule has 0 fully saturated rings. The molecule has 188 valence electrons. The Hall–Kier alpha value is -4.59. The van der Waals surface area contributed by atoms with E-state index >= 15 is 0 Å². The summed E-state index contributed by atoms with van der Waals surface area (Å²) in [6.45, 7) is 4.55. The summed E-state index contributed by atoms with van der Waals surface area (Å²) in [4.78, 5) is 27.6. The van der Waals surface area contributed by atoms with Crippen molar-refractivity contribution in [1.82, 2.24) is 10.2 Å². The number of ether oxygens (including phenoxy) is 3. The Balaban J connectivity index is 1.60. The Kier molecular flexibility index (Phi) is 6.64. The topological polar surface area (TPSA) is 93.8 Å². The second-order valence-corrected chi connectivity index (χ2v) is 8.44. The summed E-state index contributed by atoms with van der Waals surface area (Å²) in [6.07, 6.45) is 0. The van der Waals surface area contributed by atoms with Gasteiger partial charge < -0.3 is 14.2 Å². The molecule has 0 spiro atoms. The number of hydrogen-bond acceptors (Lipinski definition) is 6. The lowest BCUT2D eigenvalue weighted by Crippen LogP contribution is -2.29. The van der Waals surface area contributed by atoms with E-state index in [-0.39, 0.29) is 5.91 Å². The minimum Gasteiger partial charge on any atom is -0.497 e. The molecule has 1 aliphatic heterocycles. The molecule has 8 heteroatoms. The van der Waals surface area contributed by atoms with Crippen LogP contribution in [0, 0.1) is 0 Å². The van der Waals surface area contributed by atoms with E-state index in [2.05, 4.69) is 10.2 Å². The number of anilines is 1. The fraction of sp³-hybridized carbons (Fsp3) is 0.207. The maximum atomic E-state index is 13.7. The molecule has 37 heavy (non-hydrogen) atoms. The van der Waals surface area contributed by atoms with Crippen LogP contribution in [0.15, 0.2) is 72.8 Å². The number of amides is 1. The van der Waals surface area contributed by atoms with Gasteiger partial charge in [-0.1, -0.05) is 12.1 Å². The zero-order valence-electron chi connectivity index (χ0n) is 20.9. The summed E-state index contributed by atoms with van der Waals surface area (Å²) in [5, 5.41) is 7.49. The highest BCUT2D eigenvalue weighted by molar-refractivity contribution is 6.12. The molecule has 1 aliphatic rings. The van der Waals surface area contributed by atoms with Crippen LogP contribution in [0.25, 0.3) is 11.3 Å². The van der Waals surface area contributed by atoms with Crippen molar-refractivity contribution in [3.63, 3.8) is 0 Å². The number of rotatable bonds is 8. The lowest BCUT2D eigenvalue weighted by molar-refractivity contribution is 0.0526. The smallest absolute Gasteiger partial charge is 0.338 e. The van der Waals surface area contributed by atoms with E-state index in [1.165, 1.54) is 0 Å². The Morgan fingerprint density at radius 3 is 2.22 bits per heavy atom. The van der Waals surface area contributed by atoms with Gasteiger partial charge in [0.2, 0.25) is 0 Å². The number of esters is 1. The second-order valence-electron chi connectivity index (χ2n) is 8.44. The van der Waals surface area contributed by atoms with Gasteiger partial charge in [0.1, 0.15) is 17.2 Å². The first-order valence-electron chi connectivity index (χ1n) is 12.1. The monoisotopic (exact) mass is 497 g/mol. The molecule has 0 bridgehead atoms. The maximum Gasteiger partial charge on any atom is 0.338 e. The highest BCUT2D eigenvalue weighted by Gasteiger charge is 2.43. The molecule has 8 nitrogen and oxygen atoms in total. The van der Waals surface area contributed by atoms with Crippen LogP contribution in [0.2, 0.25) is 0 Å². The summed E-state index contributed by atoms with van der Waals surface area (Å²) in [7, 11) is 1.62. The van der Waals surface area contributed by atoms with Gasteiger partial charge >= 0.3 is 5.97 Å². The summed E-state index contributed by atoms with van der Waals surface area (Å²) in [6, 6.07) is 21.7. The van der Waals surface area contributed by atoms with E-state index in [0.29, 0.717) is 35.9 Å². The molecule has 1 aromatic heterocycles. The number of fused-ring (bicyclic) bond motifs is 1. The van der Waals surface area contributed by atoms with E-state index in [1.807, 2.05) is 55.5 Å². The van der Waals surface area contributed by atoms with Gasteiger partial charge in [-0.05, 0) is 80.1 Å². The number of H-pyrrole nitrogens is 1. The molecular formula is C29H27N3O5. The number of aromatic nitrogens is 2. The number of carbonyl (C=O) groups is 2. The SMILES string of the molecule is CCOC(=O)c1ccc(N2C(=O)c3[nH]nc(-c4ccc(OC)cc4)c3[C@@H]2c2ccc(OCC)cc2)cc1. The third-order valence-corrected chi connectivity index (χ3v) is 6.30. The molecule has 2 heterocycles. The molecule has 0 unspecified atom stereocenters. The highest BCUT2D eigenvalue weighted by atomic mass is 16.5. The molecular weight excluding hydrogens is 470 g/mol. The first kappa shape index (κ1) is 24.1. The lowest BCUT2D eigenvalue weighted by Gasteiger charge is -2.27. The summed E-state index contributed by atoms with van der Waals surface area (Å²) >= 11 is 0. The van der Waals surface area contributed by atoms with Crippen LogP contribution < -0.4 is 14.4 Å². The number of carbonyl (C=O) groups excluding carboxylic acids is 2. The van der Waals surface area contributed by atoms with Crippen LogP contribution in [0.5, 0.6) is 11.5 Å². The molecule has 0 saturated heterocycles. The molecule has 1 atom stereocenters. The lowest BCUT2D eigenvalue weighted by atomic mass is 9.95. The number of benzene rings is 3. The van der Waals surface area contributed by atoms with Crippen molar-refractivity contribution in [1.29, 1.82) is 0 Å². The van der Waals surface area contributed by atoms with E-state index in [0.717, 1.165) is 28.2 Å². The van der Waals surface area contributed by atoms with Crippen LogP contribution in [0.1, 0.15) is 51.9 Å². The van der Waals surface area contributed by atoms with Gasteiger partial charge in [0.15, 0.2) is 0 Å². The molecule has 0 radical (unpaired) electrons. The average molecular weight is 498 g/mol. The van der Waals surface area contributed by atoms with E-state index in [4.69, 9.17) is 14.2 Å². The van der Waals surface area contributed by atoms with Crippen molar-refractivity contribution >= 4 is 17.6 Å². The fourth-order valence-corrected chi connectivity index (χ4v) is 4.58. The average Bonchev–Trinajstić information content (AvgIpc) is 3.48. The van der Waals surface area contributed by atoms with Gasteiger partial charge in [-0.3, -0.25) is 14.8 Å². The molecule has 0 saturated carbocycles. The van der Waals surface area contributed by atoms with Gasteiger partial charge in [-0.2, -0.15) is 5.10 Å². The zero-order chi connectivity index (χ0) is 25.9. The second kappa shape index (κ2) is 10.2. The molecule has 3 aromatic carbocycles. The third kappa shape index (κ3) is 4.42. The van der Waals surface area contributed by atoms with Crippen molar-refractivity contribution in [3.05, 3.63) is 95.2 Å². The Labute approximate surface area is 214 Å². The van der Waals surface area contributed by atoms with Gasteiger partial charge in [0.25, 0.3) is 5.91 Å². The first-order chi connectivity index (χ1) is 18.0. The van der Waals surface area contributed by atoms with Crippen LogP contribution in [0.3, 0.4) is 0 Å². The standard InChI is InChI=1S/C29H27N3O5/c1-4-36-23-16-10-19(11-17-23)27-24-25(18-8-14-22(35-3)15-9-18)30-31-26(24)28(33)32(27)21-12-6-20(7-13-21)29(34)37-5-2/h6-17,27H,4-5H2,1-3H3,(H,30,31)/t27-/m0/s1. The predicted molar refractivity (Wildman–Crippen MR) is 139 cm³/mol. The quantitative estimate of drug-likeness (QED) is 0.327. The van der Waals surface area contributed by atoms with Gasteiger partial charge in [-0.25, -0.2) is 4.79 Å². The third-order valence-electron chi connectivity index (χ3n) is 6.30. The van der Waals surface area contributed by atoms with Crippen molar-refractivity contribution in [2.24, 2.45) is 0 Å². The largest absolute Gasteiger partial charge is 0.497 e. The number of nitrogens with zero attached hydrogens (tertiary/aromatic N) is 2. The Morgan fingerprint density at radius 1 is 0.919 bits per heavy atom. The number of methoxy groups -OCH3 is 1. The van der Waals surface area contributed by atoms with Crippen molar-refractivity contribution in [2.45, 2.75) is 19.9 Å². The summed E-state index contributed by atoms with van der Waals surface area (Å²) < 4.78 is 16.0. The Morgan fingerprint density at radius 2 is 1.59 bits per heavy atom. The number of hydrogen-bond donors (Lipinski definition) is 1. The van der Waals surface area contributed by atoms with Crippen molar-refractivity contribution < 1.29 is 23.8 Å². The minimum absolute atomic E-state index is 0.204. The molecule has 5 rings (SSSR count). The van der Waals surface area contributed by atoms with E-state index < -0.39 is 12.0 Å². The number of aromatic amines is 1. The molecule has 1 N–H and O–H groups in total. The van der Waals surface area contributed by atoms with Crippen molar-refractivity contribution in [3.8, 4) is 22.8 Å². The molecule has 1 amide bonds. The number of nitrogens with one attached hydrogen (secondary N) is 1. The van der Waals surface area contributed by atoms with Crippen LogP contribution in [-0.2, 0) is 4.74 Å². The van der Waals surface area contributed by atoms with Gasteiger partial charge in [-0.15, -0.1) is 0 Å². The molecule has 4 aromatic rings. The van der Waals surface area contributed by atoms with Gasteiger partial charge in [0.05, 0.1) is 37.6 Å². The first-order valence-corrected chi connectivity index (χ1v) is 12.1. The fourth-order valence-electron chi connectivity index (χ4n) is 4.58.